The predicted molar refractivity (Wildman–Crippen MR) is 199 cm³/mol. The Labute approximate surface area is 286 Å². The standard InChI is InChI=1S/C42H26N8/c1-26-49-35-6-7-37(49)41(29-14-22-45-23-15-29)33-4-5-34(48-33)42(30-16-24-46-25-17-30)38-9-8-36(50(26)38)40(28-12-20-44-21-13-28)32-3-2-31(47-32)39(35)27-10-18-43-19-11-27/h2-25H,1H2. The largest absolute Gasteiger partial charge is 0.295 e. The Balaban J connectivity index is 1.57. The number of nitrogens with zero attached hydrogens (tertiary/aromatic N) is 8. The summed E-state index contributed by atoms with van der Waals surface area (Å²) in [5.41, 5.74) is 15.8. The summed E-state index contributed by atoms with van der Waals surface area (Å²) < 4.78 is 4.51. The number of hydrogen-bond donors (Lipinski definition) is 0. The van der Waals surface area contributed by atoms with Crippen molar-refractivity contribution in [3.05, 3.63) is 151 Å². The van der Waals surface area contributed by atoms with Crippen LogP contribution in [0, 0.1) is 0 Å². The molecule has 0 amide bonds. The fourth-order valence-electron chi connectivity index (χ4n) is 7.37. The van der Waals surface area contributed by atoms with Crippen molar-refractivity contribution in [2.45, 2.75) is 0 Å². The van der Waals surface area contributed by atoms with Gasteiger partial charge in [0, 0.05) is 71.8 Å². The molecule has 6 bridgehead atoms. The second-order valence-corrected chi connectivity index (χ2v) is 12.2. The SMILES string of the molecule is C=c1n2c3ccc2c(-c2ccncc2)c2nc(c(-c4ccncc4)c4ccc(c(-c5ccncc5)c5nc(c3-c3ccncc3)C=C5)n14)C=C2. The van der Waals surface area contributed by atoms with Gasteiger partial charge < -0.3 is 0 Å². The summed E-state index contributed by atoms with van der Waals surface area (Å²) in [6, 6.07) is 24.9. The van der Waals surface area contributed by atoms with Crippen molar-refractivity contribution in [2.75, 3.05) is 0 Å². The zero-order chi connectivity index (χ0) is 33.2. The third-order valence-corrected chi connectivity index (χ3v) is 9.48. The normalized spacial score (nSPS) is 12.3. The molecule has 234 valence electrons. The van der Waals surface area contributed by atoms with Crippen LogP contribution in [0.15, 0.2) is 122 Å². The van der Waals surface area contributed by atoms with E-state index in [9.17, 15) is 0 Å². The van der Waals surface area contributed by atoms with Crippen molar-refractivity contribution in [3.63, 3.8) is 0 Å². The number of hydrogen-bond acceptors (Lipinski definition) is 6. The number of aromatic nitrogens is 8. The summed E-state index contributed by atoms with van der Waals surface area (Å²) in [6.45, 7) is 4.93. The lowest BCUT2D eigenvalue weighted by Gasteiger charge is -2.13. The van der Waals surface area contributed by atoms with E-state index in [0.717, 1.165) is 94.8 Å². The van der Waals surface area contributed by atoms with E-state index in [1.165, 1.54) is 0 Å². The van der Waals surface area contributed by atoms with Crippen molar-refractivity contribution >= 4 is 52.9 Å². The zero-order valence-electron chi connectivity index (χ0n) is 26.6. The van der Waals surface area contributed by atoms with E-state index in [-0.39, 0.29) is 0 Å². The first-order chi connectivity index (χ1) is 24.7. The van der Waals surface area contributed by atoms with Crippen LogP contribution in [0.2, 0.25) is 0 Å². The van der Waals surface area contributed by atoms with Gasteiger partial charge in [-0.25, -0.2) is 9.97 Å². The van der Waals surface area contributed by atoms with Gasteiger partial charge in [-0.2, -0.15) is 0 Å². The highest BCUT2D eigenvalue weighted by molar-refractivity contribution is 6.01. The Kier molecular flexibility index (Phi) is 6.16. The van der Waals surface area contributed by atoms with E-state index in [1.807, 2.05) is 98.1 Å². The minimum Gasteiger partial charge on any atom is -0.295 e. The van der Waals surface area contributed by atoms with E-state index in [2.05, 4.69) is 77.3 Å². The van der Waals surface area contributed by atoms with E-state index in [4.69, 9.17) is 16.5 Å². The summed E-state index contributed by atoms with van der Waals surface area (Å²) in [5.74, 6) is 0. The van der Waals surface area contributed by atoms with Gasteiger partial charge in [-0.1, -0.05) is 6.58 Å². The van der Waals surface area contributed by atoms with Crippen LogP contribution in [0.5, 0.6) is 0 Å². The number of pyridine rings is 4. The monoisotopic (exact) mass is 642 g/mol. The first-order valence-electron chi connectivity index (χ1n) is 16.3. The third-order valence-electron chi connectivity index (χ3n) is 9.48. The molecule has 10 rings (SSSR count). The van der Waals surface area contributed by atoms with Crippen LogP contribution in [0.3, 0.4) is 0 Å². The molecule has 0 unspecified atom stereocenters. The van der Waals surface area contributed by atoms with Gasteiger partial charge in [0.15, 0.2) is 0 Å². The quantitative estimate of drug-likeness (QED) is 0.193. The molecule has 50 heavy (non-hydrogen) atoms. The molecule has 0 radical (unpaired) electrons. The van der Waals surface area contributed by atoms with Crippen molar-refractivity contribution in [1.29, 1.82) is 0 Å². The lowest BCUT2D eigenvalue weighted by Crippen LogP contribution is -2.20. The van der Waals surface area contributed by atoms with Gasteiger partial charge in [0.05, 0.1) is 44.8 Å². The third kappa shape index (κ3) is 4.18. The van der Waals surface area contributed by atoms with Crippen LogP contribution in [-0.2, 0) is 0 Å². The summed E-state index contributed by atoms with van der Waals surface area (Å²) >= 11 is 0. The van der Waals surface area contributed by atoms with Gasteiger partial charge in [0.25, 0.3) is 0 Å². The van der Waals surface area contributed by atoms with Crippen LogP contribution in [0.1, 0.15) is 22.8 Å². The smallest absolute Gasteiger partial charge is 0.115 e. The molecular weight excluding hydrogens is 617 g/mol. The number of fused-ring (bicyclic) bond motifs is 4. The molecule has 8 nitrogen and oxygen atoms in total. The molecule has 8 aromatic rings. The first kappa shape index (κ1) is 28.0. The molecule has 0 spiro atoms. The zero-order valence-corrected chi connectivity index (χ0v) is 26.6. The van der Waals surface area contributed by atoms with Gasteiger partial charge >= 0.3 is 0 Å². The maximum absolute atomic E-state index is 5.37. The fourth-order valence-corrected chi connectivity index (χ4v) is 7.37. The topological polar surface area (TPSA) is 86.2 Å². The maximum atomic E-state index is 5.37. The van der Waals surface area contributed by atoms with E-state index >= 15 is 0 Å². The fraction of sp³-hybridized carbons (Fsp3) is 0. The van der Waals surface area contributed by atoms with E-state index in [1.54, 1.807) is 0 Å². The lowest BCUT2D eigenvalue weighted by atomic mass is 10.1. The van der Waals surface area contributed by atoms with Crippen molar-refractivity contribution in [3.8, 4) is 44.5 Å². The molecule has 0 aromatic carbocycles. The summed E-state index contributed by atoms with van der Waals surface area (Å²) in [5, 5.41) is 0. The lowest BCUT2D eigenvalue weighted by molar-refractivity contribution is 1.03. The molecule has 0 aliphatic carbocycles. The molecule has 0 saturated heterocycles. The minimum absolute atomic E-state index is 0.760. The molecule has 0 N–H and O–H groups in total. The molecule has 2 aliphatic heterocycles. The van der Waals surface area contributed by atoms with Gasteiger partial charge in [-0.3, -0.25) is 28.7 Å². The highest BCUT2D eigenvalue weighted by atomic mass is 15.0. The average Bonchev–Trinajstić information content (AvgIpc) is 3.99. The van der Waals surface area contributed by atoms with Crippen LogP contribution >= 0.6 is 0 Å². The van der Waals surface area contributed by atoms with Crippen LogP contribution in [-0.4, -0.2) is 38.7 Å². The Morgan fingerprint density at radius 3 is 0.820 bits per heavy atom. The molecule has 0 saturated carbocycles. The Bertz CT molecular complexity index is 2480. The highest BCUT2D eigenvalue weighted by Crippen LogP contribution is 2.39. The van der Waals surface area contributed by atoms with E-state index < -0.39 is 0 Å². The van der Waals surface area contributed by atoms with Gasteiger partial charge in [0.2, 0.25) is 0 Å². The Morgan fingerprint density at radius 2 is 0.580 bits per heavy atom. The molecular formula is C42H26N8. The summed E-state index contributed by atoms with van der Waals surface area (Å²) in [7, 11) is 0. The Hall–Kier alpha value is -7.06. The molecule has 8 heteroatoms. The molecule has 10 heterocycles. The number of rotatable bonds is 4. The van der Waals surface area contributed by atoms with Crippen LogP contribution in [0.4, 0.5) is 0 Å². The van der Waals surface area contributed by atoms with Gasteiger partial charge in [-0.05, 0) is 119 Å². The van der Waals surface area contributed by atoms with E-state index in [0.29, 0.717) is 0 Å². The van der Waals surface area contributed by atoms with Crippen LogP contribution < -0.4 is 5.48 Å². The van der Waals surface area contributed by atoms with Crippen LogP contribution in [0.25, 0.3) is 97.5 Å². The van der Waals surface area contributed by atoms with Crippen molar-refractivity contribution in [1.82, 2.24) is 38.7 Å². The highest BCUT2D eigenvalue weighted by Gasteiger charge is 2.22. The second-order valence-electron chi connectivity index (χ2n) is 12.2. The first-order valence-corrected chi connectivity index (χ1v) is 16.3. The Morgan fingerprint density at radius 1 is 0.340 bits per heavy atom. The van der Waals surface area contributed by atoms with Crippen molar-refractivity contribution in [2.24, 2.45) is 0 Å². The average molecular weight is 643 g/mol. The minimum atomic E-state index is 0.760. The molecule has 0 fully saturated rings. The summed E-state index contributed by atoms with van der Waals surface area (Å²) in [6.07, 6.45) is 23.0. The summed E-state index contributed by atoms with van der Waals surface area (Å²) in [4.78, 5) is 28.1. The second kappa shape index (κ2) is 11.0. The van der Waals surface area contributed by atoms with Crippen molar-refractivity contribution < 1.29 is 0 Å². The van der Waals surface area contributed by atoms with Gasteiger partial charge in [-0.15, -0.1) is 0 Å². The predicted octanol–water partition coefficient (Wildman–Crippen LogP) is 8.17. The molecule has 8 aromatic heterocycles. The molecule has 0 atom stereocenters. The van der Waals surface area contributed by atoms with Gasteiger partial charge in [0.1, 0.15) is 5.48 Å². The maximum Gasteiger partial charge on any atom is 0.115 e. The molecule has 2 aliphatic rings.